The first-order chi connectivity index (χ1) is 12.2. The topological polar surface area (TPSA) is 170 Å². The zero-order valence-electron chi connectivity index (χ0n) is 13.4. The van der Waals surface area contributed by atoms with E-state index in [1.165, 1.54) is 31.2 Å². The van der Waals surface area contributed by atoms with Gasteiger partial charge in [0.1, 0.15) is 11.6 Å². The molecule has 0 aliphatic carbocycles. The van der Waals surface area contributed by atoms with Crippen LogP contribution in [-0.4, -0.2) is 27.8 Å². The fourth-order valence-corrected chi connectivity index (χ4v) is 1.88. The minimum absolute atomic E-state index is 0.00488. The first-order valence-corrected chi connectivity index (χ1v) is 7.05. The maximum Gasteiger partial charge on any atom is 0.379 e. The second kappa shape index (κ2) is 7.30. The van der Waals surface area contributed by atoms with Gasteiger partial charge in [-0.15, -0.1) is 0 Å². The Bertz CT molecular complexity index is 943. The monoisotopic (exact) mass is 359 g/mol. The van der Waals surface area contributed by atoms with Gasteiger partial charge < -0.3 is 20.0 Å². The number of nitro benzene ring substituents is 1. The van der Waals surface area contributed by atoms with E-state index in [0.717, 1.165) is 12.1 Å². The third-order valence-corrected chi connectivity index (χ3v) is 3.19. The number of esters is 1. The smallest absolute Gasteiger partial charge is 0.379 e. The van der Waals surface area contributed by atoms with Crippen molar-refractivity contribution in [1.82, 2.24) is 0 Å². The van der Waals surface area contributed by atoms with E-state index in [-0.39, 0.29) is 34.2 Å². The number of aliphatic carboxylic acids is 1. The molecule has 0 saturated heterocycles. The maximum absolute atomic E-state index is 12.1. The Labute approximate surface area is 146 Å². The van der Waals surface area contributed by atoms with Crippen molar-refractivity contribution in [2.24, 2.45) is 5.73 Å². The number of ether oxygens (including phenoxy) is 1. The predicted molar refractivity (Wildman–Crippen MR) is 89.1 cm³/mol. The van der Waals surface area contributed by atoms with Crippen LogP contribution in [0.25, 0.3) is 6.08 Å². The summed E-state index contributed by atoms with van der Waals surface area (Å²) in [4.78, 5) is 33.2. The molecular formula is C16H13N3O7. The first-order valence-electron chi connectivity index (χ1n) is 7.05. The molecule has 0 amide bonds. The molecule has 0 spiro atoms. The van der Waals surface area contributed by atoms with Crippen molar-refractivity contribution in [3.05, 3.63) is 63.1 Å². The van der Waals surface area contributed by atoms with Crippen molar-refractivity contribution < 1.29 is 28.8 Å². The molecule has 10 nitrogen and oxygen atoms in total. The van der Waals surface area contributed by atoms with Crippen LogP contribution >= 0.6 is 0 Å². The van der Waals surface area contributed by atoms with Crippen molar-refractivity contribution in [3.63, 3.8) is 0 Å². The zero-order valence-corrected chi connectivity index (χ0v) is 13.4. The van der Waals surface area contributed by atoms with Crippen LogP contribution in [0.3, 0.4) is 0 Å². The van der Waals surface area contributed by atoms with E-state index in [1.54, 1.807) is 0 Å². The number of carbonyl (C=O) groups is 2. The van der Waals surface area contributed by atoms with Gasteiger partial charge in [-0.1, -0.05) is 0 Å². The van der Waals surface area contributed by atoms with Crippen molar-refractivity contribution in [2.75, 3.05) is 0 Å². The highest BCUT2D eigenvalue weighted by Crippen LogP contribution is 2.29. The van der Waals surface area contributed by atoms with Gasteiger partial charge in [0, 0.05) is 17.2 Å². The molecule has 1 aromatic carbocycles. The molecule has 2 rings (SSSR count). The standard InChI is InChI=1S/C16H13N3O7/c1-8(15(20)21)6-10-3-5-13(25-10)16(22)26-12-4-2-9(14(17)18)7-11(12)19(23)24/h2-7H,1H3,(H3,17,18)(H,20,21). The minimum atomic E-state index is -1.15. The number of hydrogen-bond acceptors (Lipinski definition) is 7. The fraction of sp³-hybridized carbons (Fsp3) is 0.0625. The highest BCUT2D eigenvalue weighted by molar-refractivity contribution is 5.96. The summed E-state index contributed by atoms with van der Waals surface area (Å²) in [6, 6.07) is 6.06. The van der Waals surface area contributed by atoms with E-state index in [4.69, 9.17) is 25.4 Å². The second-order valence-corrected chi connectivity index (χ2v) is 5.08. The Hall–Kier alpha value is -3.95. The van der Waals surface area contributed by atoms with E-state index in [2.05, 4.69) is 0 Å². The summed E-state index contributed by atoms with van der Waals surface area (Å²) in [5.41, 5.74) is 4.84. The molecule has 2 aromatic rings. The van der Waals surface area contributed by atoms with Gasteiger partial charge in [-0.3, -0.25) is 15.5 Å². The molecular weight excluding hydrogens is 346 g/mol. The van der Waals surface area contributed by atoms with Gasteiger partial charge in [0.05, 0.1) is 4.92 Å². The van der Waals surface area contributed by atoms with Crippen molar-refractivity contribution in [3.8, 4) is 5.75 Å². The predicted octanol–water partition coefficient (Wildman–Crippen LogP) is 2.18. The first kappa shape index (κ1) is 18.4. The Balaban J connectivity index is 2.27. The summed E-state index contributed by atoms with van der Waals surface area (Å²) in [6.07, 6.45) is 1.21. The van der Waals surface area contributed by atoms with Crippen LogP contribution in [0, 0.1) is 15.5 Å². The molecule has 0 unspecified atom stereocenters. The number of hydrogen-bond donors (Lipinski definition) is 3. The fourth-order valence-electron chi connectivity index (χ4n) is 1.88. The Kier molecular flexibility index (Phi) is 5.16. The molecule has 4 N–H and O–H groups in total. The van der Waals surface area contributed by atoms with Gasteiger partial charge in [-0.2, -0.15) is 0 Å². The van der Waals surface area contributed by atoms with Crippen LogP contribution in [0.5, 0.6) is 5.75 Å². The van der Waals surface area contributed by atoms with Crippen LogP contribution in [0.2, 0.25) is 0 Å². The van der Waals surface area contributed by atoms with Crippen LogP contribution < -0.4 is 10.5 Å². The summed E-state index contributed by atoms with van der Waals surface area (Å²) in [7, 11) is 0. The molecule has 0 bridgehead atoms. The SMILES string of the molecule is CC(=Cc1ccc(C(=O)Oc2ccc(C(=N)N)cc2[N+](=O)[O-])o1)C(=O)O. The van der Waals surface area contributed by atoms with Gasteiger partial charge in [-0.25, -0.2) is 9.59 Å². The summed E-state index contributed by atoms with van der Waals surface area (Å²) >= 11 is 0. The summed E-state index contributed by atoms with van der Waals surface area (Å²) < 4.78 is 10.1. The van der Waals surface area contributed by atoms with Crippen molar-refractivity contribution in [1.29, 1.82) is 5.41 Å². The molecule has 1 heterocycles. The van der Waals surface area contributed by atoms with Gasteiger partial charge in [0.25, 0.3) is 0 Å². The third-order valence-electron chi connectivity index (χ3n) is 3.19. The van der Waals surface area contributed by atoms with Crippen molar-refractivity contribution in [2.45, 2.75) is 6.92 Å². The number of nitro groups is 1. The number of benzene rings is 1. The molecule has 0 aliphatic rings. The average Bonchev–Trinajstić information content (AvgIpc) is 3.03. The molecule has 0 aliphatic heterocycles. The minimum Gasteiger partial charge on any atom is -0.478 e. The quantitative estimate of drug-likeness (QED) is 0.134. The number of amidine groups is 1. The van der Waals surface area contributed by atoms with E-state index in [1.807, 2.05) is 0 Å². The molecule has 0 saturated carbocycles. The van der Waals surface area contributed by atoms with Crippen LogP contribution in [0.15, 0.2) is 40.3 Å². The molecule has 10 heteroatoms. The van der Waals surface area contributed by atoms with Crippen LogP contribution in [-0.2, 0) is 4.79 Å². The molecule has 0 atom stereocenters. The summed E-state index contributed by atoms with van der Waals surface area (Å²) in [5, 5.41) is 27.2. The number of rotatable bonds is 6. The largest absolute Gasteiger partial charge is 0.478 e. The average molecular weight is 359 g/mol. The lowest BCUT2D eigenvalue weighted by Gasteiger charge is -2.05. The molecule has 1 aromatic heterocycles. The second-order valence-electron chi connectivity index (χ2n) is 5.08. The Morgan fingerprint density at radius 3 is 2.62 bits per heavy atom. The normalized spacial score (nSPS) is 11.0. The number of carboxylic acid groups (broad SMARTS) is 1. The number of carbonyl (C=O) groups excluding carboxylic acids is 1. The Morgan fingerprint density at radius 1 is 1.35 bits per heavy atom. The lowest BCUT2D eigenvalue weighted by Crippen LogP contribution is -2.13. The zero-order chi connectivity index (χ0) is 19.4. The van der Waals surface area contributed by atoms with Gasteiger partial charge in [0.15, 0.2) is 0 Å². The number of nitrogens with two attached hydrogens (primary N) is 1. The van der Waals surface area contributed by atoms with E-state index >= 15 is 0 Å². The maximum atomic E-state index is 12.1. The lowest BCUT2D eigenvalue weighted by atomic mass is 10.1. The molecule has 0 radical (unpaired) electrons. The van der Waals surface area contributed by atoms with Gasteiger partial charge >= 0.3 is 17.6 Å². The number of carboxylic acids is 1. The van der Waals surface area contributed by atoms with E-state index in [0.29, 0.717) is 0 Å². The highest BCUT2D eigenvalue weighted by atomic mass is 16.6. The molecule has 0 fully saturated rings. The molecule has 26 heavy (non-hydrogen) atoms. The number of furan rings is 1. The van der Waals surface area contributed by atoms with Gasteiger partial charge in [-0.05, 0) is 37.3 Å². The number of nitrogens with one attached hydrogen (secondary N) is 1. The van der Waals surface area contributed by atoms with E-state index in [9.17, 15) is 19.7 Å². The lowest BCUT2D eigenvalue weighted by molar-refractivity contribution is -0.385. The molecule has 134 valence electrons. The Morgan fingerprint density at radius 2 is 2.04 bits per heavy atom. The van der Waals surface area contributed by atoms with Gasteiger partial charge in [0.2, 0.25) is 11.5 Å². The summed E-state index contributed by atoms with van der Waals surface area (Å²) in [5.74, 6) is -3.02. The number of nitrogens with zero attached hydrogens (tertiary/aromatic N) is 1. The van der Waals surface area contributed by atoms with Crippen molar-refractivity contribution >= 4 is 29.5 Å². The number of nitrogen functional groups attached to an aromatic ring is 1. The van der Waals surface area contributed by atoms with E-state index < -0.39 is 22.5 Å². The summed E-state index contributed by atoms with van der Waals surface area (Å²) in [6.45, 7) is 1.35. The van der Waals surface area contributed by atoms with Crippen LogP contribution in [0.4, 0.5) is 5.69 Å². The third kappa shape index (κ3) is 4.12. The van der Waals surface area contributed by atoms with Crippen LogP contribution in [0.1, 0.15) is 28.8 Å². The highest BCUT2D eigenvalue weighted by Gasteiger charge is 2.22.